The molecule has 0 atom stereocenters. The number of carboxylic acid groups (broad SMARTS) is 1. The Morgan fingerprint density at radius 1 is 0.913 bits per heavy atom. The zero-order valence-electron chi connectivity index (χ0n) is 13.3. The third-order valence-corrected chi connectivity index (χ3v) is 4.00. The number of hydrogen-bond acceptors (Lipinski definition) is 2. The fraction of sp³-hybridized carbons (Fsp3) is 0.150. The van der Waals surface area contributed by atoms with Gasteiger partial charge >= 0.3 is 5.97 Å². The molecule has 3 heteroatoms. The minimum Gasteiger partial charge on any atom is -0.481 e. The van der Waals surface area contributed by atoms with Crippen molar-refractivity contribution in [2.75, 3.05) is 19.0 Å². The predicted molar refractivity (Wildman–Crippen MR) is 95.1 cm³/mol. The molecule has 1 N–H and O–H groups in total. The Labute approximate surface area is 135 Å². The second kappa shape index (κ2) is 6.13. The summed E-state index contributed by atoms with van der Waals surface area (Å²) in [4.78, 5) is 12.9. The van der Waals surface area contributed by atoms with Crippen LogP contribution < -0.4 is 4.90 Å². The second-order valence-corrected chi connectivity index (χ2v) is 5.84. The third kappa shape index (κ3) is 3.04. The molecule has 0 aliphatic heterocycles. The molecular weight excluding hydrogens is 286 g/mol. The zero-order chi connectivity index (χ0) is 16.4. The van der Waals surface area contributed by atoms with Crippen molar-refractivity contribution < 1.29 is 9.90 Å². The van der Waals surface area contributed by atoms with E-state index in [9.17, 15) is 4.79 Å². The maximum Gasteiger partial charge on any atom is 0.307 e. The summed E-state index contributed by atoms with van der Waals surface area (Å²) in [6.45, 7) is 0. The average Bonchev–Trinajstić information content (AvgIpc) is 2.54. The number of rotatable bonds is 4. The fourth-order valence-electron chi connectivity index (χ4n) is 2.90. The molecular formula is C20H19NO2. The Hall–Kier alpha value is -2.81. The maximum absolute atomic E-state index is 10.8. The first-order valence-electron chi connectivity index (χ1n) is 7.56. The number of aliphatic carboxylic acids is 1. The van der Waals surface area contributed by atoms with E-state index in [2.05, 4.69) is 35.2 Å². The minimum atomic E-state index is -0.807. The lowest BCUT2D eigenvalue weighted by atomic mass is 9.96. The first-order chi connectivity index (χ1) is 11.1. The molecule has 0 spiro atoms. The molecule has 0 heterocycles. The summed E-state index contributed by atoms with van der Waals surface area (Å²) in [6, 6.07) is 20.4. The molecule has 116 valence electrons. The van der Waals surface area contributed by atoms with Gasteiger partial charge in [0.15, 0.2) is 0 Å². The summed E-state index contributed by atoms with van der Waals surface area (Å²) < 4.78 is 0. The molecule has 0 bridgehead atoms. The van der Waals surface area contributed by atoms with Crippen LogP contribution in [0.5, 0.6) is 0 Å². The first kappa shape index (κ1) is 15.1. The summed E-state index contributed by atoms with van der Waals surface area (Å²) in [6.07, 6.45) is 0.0561. The molecule has 3 aromatic rings. The van der Waals surface area contributed by atoms with Gasteiger partial charge in [-0.2, -0.15) is 0 Å². The van der Waals surface area contributed by atoms with E-state index in [1.807, 2.05) is 44.4 Å². The van der Waals surface area contributed by atoms with Gasteiger partial charge in [0.2, 0.25) is 0 Å². The van der Waals surface area contributed by atoms with Gasteiger partial charge < -0.3 is 10.0 Å². The van der Waals surface area contributed by atoms with Crippen molar-refractivity contribution >= 4 is 22.4 Å². The van der Waals surface area contributed by atoms with Crippen LogP contribution in [0.2, 0.25) is 0 Å². The Morgan fingerprint density at radius 2 is 1.57 bits per heavy atom. The van der Waals surface area contributed by atoms with E-state index in [0.717, 1.165) is 16.7 Å². The highest BCUT2D eigenvalue weighted by Crippen LogP contribution is 2.34. The first-order valence-corrected chi connectivity index (χ1v) is 7.56. The van der Waals surface area contributed by atoms with Crippen molar-refractivity contribution in [3.63, 3.8) is 0 Å². The van der Waals surface area contributed by atoms with E-state index in [1.54, 1.807) is 0 Å². The normalized spacial score (nSPS) is 10.7. The van der Waals surface area contributed by atoms with E-state index < -0.39 is 5.97 Å². The molecule has 3 nitrogen and oxygen atoms in total. The Balaban J connectivity index is 2.10. The monoisotopic (exact) mass is 305 g/mol. The molecule has 23 heavy (non-hydrogen) atoms. The van der Waals surface area contributed by atoms with Crippen molar-refractivity contribution in [2.24, 2.45) is 0 Å². The maximum atomic E-state index is 10.8. The lowest BCUT2D eigenvalue weighted by Crippen LogP contribution is -2.09. The van der Waals surface area contributed by atoms with Crippen molar-refractivity contribution in [3.05, 3.63) is 66.2 Å². The number of carboxylic acids is 1. The van der Waals surface area contributed by atoms with E-state index in [4.69, 9.17) is 5.11 Å². The summed E-state index contributed by atoms with van der Waals surface area (Å²) in [5.41, 5.74) is 4.26. The van der Waals surface area contributed by atoms with Gasteiger partial charge in [-0.15, -0.1) is 0 Å². The highest BCUT2D eigenvalue weighted by Gasteiger charge is 2.09. The largest absolute Gasteiger partial charge is 0.481 e. The topological polar surface area (TPSA) is 40.5 Å². The highest BCUT2D eigenvalue weighted by atomic mass is 16.4. The number of carbonyl (C=O) groups is 1. The standard InChI is InChI=1S/C20H19NO2/c1-21(2)19-12-11-16(17-5-3-4-6-18(17)19)15-9-7-14(8-10-15)13-20(22)23/h3-12H,13H2,1-2H3,(H,22,23). The van der Waals surface area contributed by atoms with Crippen LogP contribution in [0.15, 0.2) is 60.7 Å². The highest BCUT2D eigenvalue weighted by molar-refractivity contribution is 6.03. The molecule has 3 aromatic carbocycles. The van der Waals surface area contributed by atoms with E-state index in [0.29, 0.717) is 0 Å². The number of anilines is 1. The molecule has 0 fully saturated rings. The van der Waals surface area contributed by atoms with Crippen LogP contribution in [-0.2, 0) is 11.2 Å². The average molecular weight is 305 g/mol. The van der Waals surface area contributed by atoms with Crippen LogP contribution in [-0.4, -0.2) is 25.2 Å². The van der Waals surface area contributed by atoms with E-state index >= 15 is 0 Å². The van der Waals surface area contributed by atoms with Gasteiger partial charge in [0, 0.05) is 25.2 Å². The number of fused-ring (bicyclic) bond motifs is 1. The minimum absolute atomic E-state index is 0.0561. The predicted octanol–water partition coefficient (Wildman–Crippen LogP) is 4.20. The molecule has 3 rings (SSSR count). The Bertz CT molecular complexity index is 851. The van der Waals surface area contributed by atoms with Gasteiger partial charge in [-0.1, -0.05) is 54.6 Å². The van der Waals surface area contributed by atoms with Crippen LogP contribution in [0.4, 0.5) is 5.69 Å². The van der Waals surface area contributed by atoms with Crippen LogP contribution in [0.3, 0.4) is 0 Å². The van der Waals surface area contributed by atoms with Crippen molar-refractivity contribution in [2.45, 2.75) is 6.42 Å². The summed E-state index contributed by atoms with van der Waals surface area (Å²) in [7, 11) is 4.09. The van der Waals surface area contributed by atoms with Gasteiger partial charge in [0.1, 0.15) is 0 Å². The zero-order valence-corrected chi connectivity index (χ0v) is 13.3. The van der Waals surface area contributed by atoms with Crippen molar-refractivity contribution in [3.8, 4) is 11.1 Å². The van der Waals surface area contributed by atoms with Gasteiger partial charge in [-0.3, -0.25) is 4.79 Å². The Morgan fingerprint density at radius 3 is 2.17 bits per heavy atom. The van der Waals surface area contributed by atoms with Crippen molar-refractivity contribution in [1.29, 1.82) is 0 Å². The molecule has 0 aliphatic rings. The second-order valence-electron chi connectivity index (χ2n) is 5.84. The molecule has 0 saturated carbocycles. The van der Waals surface area contributed by atoms with Crippen LogP contribution >= 0.6 is 0 Å². The number of nitrogens with zero attached hydrogens (tertiary/aromatic N) is 1. The summed E-state index contributed by atoms with van der Waals surface area (Å²) >= 11 is 0. The molecule has 0 radical (unpaired) electrons. The molecule has 0 aliphatic carbocycles. The fourth-order valence-corrected chi connectivity index (χ4v) is 2.90. The number of benzene rings is 3. The lowest BCUT2D eigenvalue weighted by molar-refractivity contribution is -0.136. The van der Waals surface area contributed by atoms with E-state index in [-0.39, 0.29) is 6.42 Å². The summed E-state index contributed by atoms with van der Waals surface area (Å²) in [5.74, 6) is -0.807. The van der Waals surface area contributed by atoms with Crippen molar-refractivity contribution in [1.82, 2.24) is 0 Å². The van der Waals surface area contributed by atoms with E-state index in [1.165, 1.54) is 16.5 Å². The van der Waals surface area contributed by atoms with Gasteiger partial charge in [0.05, 0.1) is 6.42 Å². The molecule has 0 saturated heterocycles. The lowest BCUT2D eigenvalue weighted by Gasteiger charge is -2.17. The summed E-state index contributed by atoms with van der Waals surface area (Å²) in [5, 5.41) is 11.3. The van der Waals surface area contributed by atoms with Gasteiger partial charge in [0.25, 0.3) is 0 Å². The third-order valence-electron chi connectivity index (χ3n) is 4.00. The van der Waals surface area contributed by atoms with Gasteiger partial charge in [-0.05, 0) is 28.1 Å². The molecule has 0 unspecified atom stereocenters. The SMILES string of the molecule is CN(C)c1ccc(-c2ccc(CC(=O)O)cc2)c2ccccc12. The molecule has 0 aromatic heterocycles. The number of hydrogen-bond donors (Lipinski definition) is 1. The van der Waals surface area contributed by atoms with Crippen LogP contribution in [0.1, 0.15) is 5.56 Å². The molecule has 0 amide bonds. The quantitative estimate of drug-likeness (QED) is 0.785. The Kier molecular flexibility index (Phi) is 4.02. The van der Waals surface area contributed by atoms with Crippen LogP contribution in [0.25, 0.3) is 21.9 Å². The smallest absolute Gasteiger partial charge is 0.307 e. The van der Waals surface area contributed by atoms with Gasteiger partial charge in [-0.25, -0.2) is 0 Å². The van der Waals surface area contributed by atoms with Crippen LogP contribution in [0, 0.1) is 0 Å².